The van der Waals surface area contributed by atoms with Crippen LogP contribution in [0.3, 0.4) is 0 Å². The number of nitrogens with zero attached hydrogens (tertiary/aromatic N) is 2. The van der Waals surface area contributed by atoms with Crippen LogP contribution in [-0.2, 0) is 21.5 Å². The summed E-state index contributed by atoms with van der Waals surface area (Å²) in [5.41, 5.74) is 6.22. The largest absolute Gasteiger partial charge is 0.398 e. The number of aryl methyl sites for hydroxylation is 1. The minimum atomic E-state index is -0.254. The average molecular weight is 512 g/mol. The monoisotopic (exact) mass is 511 g/mol. The molecule has 5 nitrogen and oxygen atoms in total. The van der Waals surface area contributed by atoms with E-state index in [2.05, 4.69) is 61.9 Å². The number of oxazole rings is 1. The molecule has 188 valence electrons. The van der Waals surface area contributed by atoms with Gasteiger partial charge >= 0.3 is 5.89 Å². The second kappa shape index (κ2) is 9.67. The molecule has 3 aromatic rings. The predicted molar refractivity (Wildman–Crippen MR) is 150 cm³/mol. The van der Waals surface area contributed by atoms with Crippen molar-refractivity contribution in [1.82, 2.24) is 0 Å². The molecular weight excluding hydrogens is 480 g/mol. The standard InChI is InChI=1S/C31H31N2O3S/c1-6-20(34)19-37-30-21(17-27-31(4,5)23-13-9-10-14-24(23)32(27)7-2)29(35)22(30)18-28-33(8-3)25-15-11-12-16-26(25)36-28/h6,9-18H,1,7-8,19H2,2-5H3/q+1. The van der Waals surface area contributed by atoms with Gasteiger partial charge in [0, 0.05) is 45.5 Å². The first kappa shape index (κ1) is 25.0. The number of benzene rings is 2. The Balaban J connectivity index is 1.63. The zero-order chi connectivity index (χ0) is 26.3. The van der Waals surface area contributed by atoms with Crippen LogP contribution in [0.5, 0.6) is 0 Å². The van der Waals surface area contributed by atoms with E-state index < -0.39 is 0 Å². The summed E-state index contributed by atoms with van der Waals surface area (Å²) < 4.78 is 8.17. The van der Waals surface area contributed by atoms with Gasteiger partial charge in [0.05, 0.1) is 11.8 Å². The maximum atomic E-state index is 13.6. The van der Waals surface area contributed by atoms with Crippen LogP contribution in [0.1, 0.15) is 39.1 Å². The van der Waals surface area contributed by atoms with E-state index in [9.17, 15) is 9.59 Å². The highest BCUT2D eigenvalue weighted by molar-refractivity contribution is 8.04. The van der Waals surface area contributed by atoms with Gasteiger partial charge in [0.1, 0.15) is 6.54 Å². The lowest BCUT2D eigenvalue weighted by molar-refractivity contribution is -0.674. The van der Waals surface area contributed by atoms with Crippen molar-refractivity contribution in [3.8, 4) is 0 Å². The van der Waals surface area contributed by atoms with Crippen LogP contribution in [0.25, 0.3) is 17.2 Å². The molecule has 0 unspecified atom stereocenters. The molecule has 5 rings (SSSR count). The molecule has 2 aliphatic rings. The van der Waals surface area contributed by atoms with Gasteiger partial charge in [0.2, 0.25) is 5.58 Å². The topological polar surface area (TPSA) is 54.4 Å². The number of carbonyl (C=O) groups is 2. The highest BCUT2D eigenvalue weighted by Gasteiger charge is 2.42. The quantitative estimate of drug-likeness (QED) is 0.268. The highest BCUT2D eigenvalue weighted by Crippen LogP contribution is 2.49. The fourth-order valence-corrected chi connectivity index (χ4v) is 6.26. The molecule has 1 aromatic heterocycles. The predicted octanol–water partition coefficient (Wildman–Crippen LogP) is 6.15. The molecule has 0 fully saturated rings. The van der Waals surface area contributed by atoms with Gasteiger partial charge < -0.3 is 9.32 Å². The normalized spacial score (nSPS) is 18.6. The van der Waals surface area contributed by atoms with Gasteiger partial charge in [-0.15, -0.1) is 11.8 Å². The lowest BCUT2D eigenvalue weighted by atomic mass is 9.81. The molecule has 0 atom stereocenters. The number of anilines is 1. The first-order valence-electron chi connectivity index (χ1n) is 12.6. The number of thioether (sulfide) groups is 1. The number of ketones is 2. The molecule has 37 heavy (non-hydrogen) atoms. The number of likely N-dealkylation sites (N-methyl/N-ethyl adjacent to an activating group) is 1. The number of Topliss-reactive ketones (excluding diaryl/α,β-unsaturated/α-hetero) is 1. The minimum absolute atomic E-state index is 0.0352. The van der Waals surface area contributed by atoms with Gasteiger partial charge in [-0.25, -0.2) is 0 Å². The third-order valence-electron chi connectivity index (χ3n) is 7.18. The fourth-order valence-electron chi connectivity index (χ4n) is 5.24. The molecule has 0 N–H and O–H groups in total. The van der Waals surface area contributed by atoms with Gasteiger partial charge in [-0.3, -0.25) is 9.59 Å². The third-order valence-corrected chi connectivity index (χ3v) is 8.34. The second-order valence-corrected chi connectivity index (χ2v) is 10.6. The number of allylic oxidation sites excluding steroid dienone is 5. The van der Waals surface area contributed by atoms with Crippen molar-refractivity contribution in [2.24, 2.45) is 0 Å². The van der Waals surface area contributed by atoms with Crippen LogP contribution >= 0.6 is 11.8 Å². The van der Waals surface area contributed by atoms with E-state index in [0.29, 0.717) is 23.6 Å². The lowest BCUT2D eigenvalue weighted by Crippen LogP contribution is -2.34. The van der Waals surface area contributed by atoms with Crippen molar-refractivity contribution in [3.05, 3.63) is 100 Å². The third kappa shape index (κ3) is 4.09. The maximum Gasteiger partial charge on any atom is 0.374 e. The summed E-state index contributed by atoms with van der Waals surface area (Å²) in [5, 5.41) is 0. The number of para-hydroxylation sites is 3. The van der Waals surface area contributed by atoms with E-state index in [4.69, 9.17) is 4.42 Å². The van der Waals surface area contributed by atoms with Gasteiger partial charge in [-0.2, -0.15) is 4.57 Å². The smallest absolute Gasteiger partial charge is 0.374 e. The Morgan fingerprint density at radius 2 is 1.84 bits per heavy atom. The Kier molecular flexibility index (Phi) is 6.54. The zero-order valence-corrected chi connectivity index (χ0v) is 22.5. The van der Waals surface area contributed by atoms with Crippen molar-refractivity contribution in [1.29, 1.82) is 0 Å². The Morgan fingerprint density at radius 3 is 2.57 bits per heavy atom. The van der Waals surface area contributed by atoms with Gasteiger partial charge in [-0.05, 0) is 43.7 Å². The first-order valence-corrected chi connectivity index (χ1v) is 13.6. The molecule has 2 aromatic carbocycles. The molecule has 2 heterocycles. The number of hydrogen-bond acceptors (Lipinski definition) is 5. The number of hydrogen-bond donors (Lipinski definition) is 0. The SMILES string of the molecule is C=CC(=O)CSC1=C(C=C2N(CC)c3ccccc3C2(C)C)C(=O)C1=Cc1oc2ccccc2[n+]1CC. The average Bonchev–Trinajstić information content (AvgIpc) is 3.37. The maximum absolute atomic E-state index is 13.6. The van der Waals surface area contributed by atoms with Crippen LogP contribution in [0.15, 0.2) is 93.4 Å². The van der Waals surface area contributed by atoms with Crippen molar-refractivity contribution in [2.75, 3.05) is 17.2 Å². The minimum Gasteiger partial charge on any atom is -0.398 e. The van der Waals surface area contributed by atoms with Crippen LogP contribution in [0, 0.1) is 0 Å². The molecule has 6 heteroatoms. The molecule has 0 saturated carbocycles. The molecule has 0 amide bonds. The van der Waals surface area contributed by atoms with Crippen molar-refractivity contribution < 1.29 is 18.6 Å². The zero-order valence-electron chi connectivity index (χ0n) is 21.7. The number of carbonyl (C=O) groups excluding carboxylic acids is 2. The van der Waals surface area contributed by atoms with Crippen LogP contribution in [-0.4, -0.2) is 23.9 Å². The van der Waals surface area contributed by atoms with E-state index in [1.54, 1.807) is 0 Å². The lowest BCUT2D eigenvalue weighted by Gasteiger charge is -2.29. The van der Waals surface area contributed by atoms with Crippen LogP contribution < -0.4 is 9.47 Å². The van der Waals surface area contributed by atoms with E-state index in [1.807, 2.05) is 42.5 Å². The fraction of sp³-hybridized carbons (Fsp3) is 0.258. The molecule has 1 aliphatic heterocycles. The van der Waals surface area contributed by atoms with Crippen molar-refractivity contribution >= 4 is 46.2 Å². The van der Waals surface area contributed by atoms with Crippen LogP contribution in [0.4, 0.5) is 5.69 Å². The summed E-state index contributed by atoms with van der Waals surface area (Å²) in [6.07, 6.45) is 5.17. The molecular formula is C31H31N2O3S+. The summed E-state index contributed by atoms with van der Waals surface area (Å²) in [7, 11) is 0. The first-order chi connectivity index (χ1) is 17.8. The second-order valence-electron chi connectivity index (χ2n) is 9.66. The summed E-state index contributed by atoms with van der Waals surface area (Å²) in [6, 6.07) is 16.2. The molecule has 0 bridgehead atoms. The number of aromatic nitrogens is 1. The summed E-state index contributed by atoms with van der Waals surface area (Å²) in [4.78, 5) is 28.8. The van der Waals surface area contributed by atoms with Crippen molar-refractivity contribution in [3.63, 3.8) is 0 Å². The Hall–Kier alpha value is -3.64. The highest BCUT2D eigenvalue weighted by atomic mass is 32.2. The molecule has 0 spiro atoms. The number of rotatable bonds is 8. The van der Waals surface area contributed by atoms with E-state index in [-0.39, 0.29) is 22.7 Å². The summed E-state index contributed by atoms with van der Waals surface area (Å²) in [5.74, 6) is 0.743. The van der Waals surface area contributed by atoms with Gasteiger partial charge in [0.15, 0.2) is 11.6 Å². The Bertz CT molecular complexity index is 1540. The summed E-state index contributed by atoms with van der Waals surface area (Å²) in [6.45, 7) is 13.7. The Morgan fingerprint density at radius 1 is 1.11 bits per heavy atom. The van der Waals surface area contributed by atoms with E-state index in [0.717, 1.165) is 28.2 Å². The Labute approximate surface area is 221 Å². The van der Waals surface area contributed by atoms with E-state index >= 15 is 0 Å². The molecule has 0 radical (unpaired) electrons. The van der Waals surface area contributed by atoms with Gasteiger partial charge in [0.25, 0.3) is 5.52 Å². The molecule has 0 saturated heterocycles. The molecule has 1 aliphatic carbocycles. The summed E-state index contributed by atoms with van der Waals surface area (Å²) >= 11 is 1.39. The van der Waals surface area contributed by atoms with Crippen molar-refractivity contribution in [2.45, 2.75) is 39.7 Å². The van der Waals surface area contributed by atoms with Gasteiger partial charge in [-0.1, -0.05) is 50.8 Å². The van der Waals surface area contributed by atoms with Crippen LogP contribution in [0.2, 0.25) is 0 Å². The number of fused-ring (bicyclic) bond motifs is 2. The van der Waals surface area contributed by atoms with E-state index in [1.165, 1.54) is 29.1 Å².